The molecule has 0 saturated heterocycles. The van der Waals surface area contributed by atoms with Gasteiger partial charge in [-0.25, -0.2) is 0 Å². The molecule has 4 rings (SSSR count). The van der Waals surface area contributed by atoms with Crippen molar-refractivity contribution in [1.29, 1.82) is 0 Å². The molecule has 4 aliphatic carbocycles. The Balaban J connectivity index is 0.000000853. The highest BCUT2D eigenvalue weighted by atomic mass is 35.5. The van der Waals surface area contributed by atoms with Crippen LogP contribution in [-0.2, 0) is 4.74 Å². The maximum atomic E-state index is 5.97. The second-order valence-corrected chi connectivity index (χ2v) is 5.67. The number of hydrogen-bond donors (Lipinski definition) is 1. The topological polar surface area (TPSA) is 35.2 Å². The highest BCUT2D eigenvalue weighted by Crippen LogP contribution is 2.58. The van der Waals surface area contributed by atoms with E-state index in [1.807, 2.05) is 7.11 Å². The molecule has 3 heteroatoms. The van der Waals surface area contributed by atoms with Crippen LogP contribution in [0.2, 0.25) is 0 Å². The third-order valence-electron chi connectivity index (χ3n) is 5.22. The molecule has 0 aromatic heterocycles. The smallest absolute Gasteiger partial charge is 0.0856 e. The van der Waals surface area contributed by atoms with E-state index in [-0.39, 0.29) is 18.0 Å². The first-order valence-corrected chi connectivity index (χ1v) is 6.03. The van der Waals surface area contributed by atoms with E-state index in [4.69, 9.17) is 10.5 Å². The molecule has 2 nitrogen and oxygen atoms in total. The van der Waals surface area contributed by atoms with E-state index in [1.165, 1.54) is 32.1 Å². The first-order chi connectivity index (χ1) is 6.78. The van der Waals surface area contributed by atoms with Crippen LogP contribution in [0, 0.1) is 23.7 Å². The van der Waals surface area contributed by atoms with E-state index in [1.54, 1.807) is 0 Å². The van der Waals surface area contributed by atoms with E-state index in [0.29, 0.717) is 0 Å². The second-order valence-electron chi connectivity index (χ2n) is 5.67. The third kappa shape index (κ3) is 1.45. The van der Waals surface area contributed by atoms with Crippen molar-refractivity contribution in [2.24, 2.45) is 29.4 Å². The molecule has 4 saturated carbocycles. The fourth-order valence-electron chi connectivity index (χ4n) is 4.73. The second kappa shape index (κ2) is 3.90. The summed E-state index contributed by atoms with van der Waals surface area (Å²) in [4.78, 5) is 0. The number of methoxy groups -OCH3 is 1. The summed E-state index contributed by atoms with van der Waals surface area (Å²) < 4.78 is 5.84. The van der Waals surface area contributed by atoms with Gasteiger partial charge in [0.2, 0.25) is 0 Å². The third-order valence-corrected chi connectivity index (χ3v) is 5.22. The summed E-state index contributed by atoms with van der Waals surface area (Å²) in [7, 11) is 1.87. The van der Waals surface area contributed by atoms with E-state index in [2.05, 4.69) is 0 Å². The maximum Gasteiger partial charge on any atom is 0.0856 e. The van der Waals surface area contributed by atoms with Crippen molar-refractivity contribution < 1.29 is 4.74 Å². The Kier molecular flexibility index (Phi) is 3.04. The van der Waals surface area contributed by atoms with Gasteiger partial charge in [-0.15, -0.1) is 12.4 Å². The minimum atomic E-state index is 0. The molecule has 0 amide bonds. The van der Waals surface area contributed by atoms with Gasteiger partial charge < -0.3 is 10.5 Å². The van der Waals surface area contributed by atoms with Crippen LogP contribution in [0.3, 0.4) is 0 Å². The molecule has 0 aliphatic heterocycles. The Labute approximate surface area is 98.3 Å². The van der Waals surface area contributed by atoms with Gasteiger partial charge in [-0.2, -0.15) is 0 Å². The lowest BCUT2D eigenvalue weighted by molar-refractivity contribution is -0.184. The van der Waals surface area contributed by atoms with Gasteiger partial charge in [-0.05, 0) is 55.8 Å². The van der Waals surface area contributed by atoms with Gasteiger partial charge in [0, 0.05) is 13.7 Å². The van der Waals surface area contributed by atoms with E-state index < -0.39 is 0 Å². The Morgan fingerprint density at radius 3 is 1.87 bits per heavy atom. The number of ether oxygens (including phenoxy) is 1. The monoisotopic (exact) mass is 231 g/mol. The van der Waals surface area contributed by atoms with Gasteiger partial charge in [0.15, 0.2) is 0 Å². The van der Waals surface area contributed by atoms with Crippen molar-refractivity contribution >= 4 is 12.4 Å². The molecule has 0 radical (unpaired) electrons. The summed E-state index contributed by atoms with van der Waals surface area (Å²) >= 11 is 0. The molecule has 0 unspecified atom stereocenters. The van der Waals surface area contributed by atoms with Crippen LogP contribution in [0.4, 0.5) is 0 Å². The van der Waals surface area contributed by atoms with Crippen LogP contribution in [0.15, 0.2) is 0 Å². The molecule has 4 aliphatic rings. The molecule has 0 heterocycles. The SMILES string of the molecule is COC1(CN)C2CC3CC(C2)CC1C3.Cl. The van der Waals surface area contributed by atoms with Gasteiger partial charge in [-0.3, -0.25) is 0 Å². The summed E-state index contributed by atoms with van der Waals surface area (Å²) in [6.07, 6.45) is 7.05. The average molecular weight is 232 g/mol. The summed E-state index contributed by atoms with van der Waals surface area (Å²) in [5.41, 5.74) is 6.04. The molecule has 0 aromatic carbocycles. The number of rotatable bonds is 2. The van der Waals surface area contributed by atoms with Crippen molar-refractivity contribution in [1.82, 2.24) is 0 Å². The molecule has 4 fully saturated rings. The zero-order valence-electron chi connectivity index (χ0n) is 9.45. The molecule has 4 bridgehead atoms. The standard InChI is InChI=1S/C12H21NO.ClH/c1-14-12(7-13)10-3-8-2-9(5-10)6-11(12)4-8;/h8-11H,2-7,13H2,1H3;1H. The summed E-state index contributed by atoms with van der Waals surface area (Å²) in [6.45, 7) is 0.734. The molecule has 0 spiro atoms. The van der Waals surface area contributed by atoms with Crippen molar-refractivity contribution in [2.75, 3.05) is 13.7 Å². The maximum absolute atomic E-state index is 5.97. The normalized spacial score (nSPS) is 51.6. The number of halogens is 1. The first-order valence-electron chi connectivity index (χ1n) is 6.03. The molecule has 2 N–H and O–H groups in total. The van der Waals surface area contributed by atoms with Crippen LogP contribution < -0.4 is 5.73 Å². The van der Waals surface area contributed by atoms with Gasteiger partial charge in [-0.1, -0.05) is 0 Å². The summed E-state index contributed by atoms with van der Waals surface area (Å²) in [6, 6.07) is 0. The van der Waals surface area contributed by atoms with Crippen LogP contribution in [0.5, 0.6) is 0 Å². The molecule has 0 aromatic rings. The fraction of sp³-hybridized carbons (Fsp3) is 1.00. The molecular weight excluding hydrogens is 210 g/mol. The van der Waals surface area contributed by atoms with E-state index in [0.717, 1.165) is 30.2 Å². The predicted octanol–water partition coefficient (Wildman–Crippen LogP) is 2.21. The highest BCUT2D eigenvalue weighted by Gasteiger charge is 2.56. The molecule has 0 atom stereocenters. The lowest BCUT2D eigenvalue weighted by Gasteiger charge is -2.60. The van der Waals surface area contributed by atoms with Gasteiger partial charge in [0.1, 0.15) is 0 Å². The van der Waals surface area contributed by atoms with Crippen LogP contribution >= 0.6 is 12.4 Å². The highest BCUT2D eigenvalue weighted by molar-refractivity contribution is 5.85. The zero-order valence-corrected chi connectivity index (χ0v) is 10.3. The van der Waals surface area contributed by atoms with Crippen molar-refractivity contribution in [3.8, 4) is 0 Å². The Bertz CT molecular complexity index is 210. The Morgan fingerprint density at radius 1 is 1.07 bits per heavy atom. The number of hydrogen-bond acceptors (Lipinski definition) is 2. The van der Waals surface area contributed by atoms with Gasteiger partial charge in [0.05, 0.1) is 5.60 Å². The van der Waals surface area contributed by atoms with Crippen LogP contribution in [0.25, 0.3) is 0 Å². The fourth-order valence-corrected chi connectivity index (χ4v) is 4.73. The van der Waals surface area contributed by atoms with Gasteiger partial charge in [0.25, 0.3) is 0 Å². The summed E-state index contributed by atoms with van der Waals surface area (Å²) in [5, 5.41) is 0. The minimum Gasteiger partial charge on any atom is -0.376 e. The Morgan fingerprint density at radius 2 is 1.53 bits per heavy atom. The predicted molar refractivity (Wildman–Crippen MR) is 63.1 cm³/mol. The zero-order chi connectivity index (χ0) is 9.76. The summed E-state index contributed by atoms with van der Waals surface area (Å²) in [5.74, 6) is 3.56. The van der Waals surface area contributed by atoms with E-state index in [9.17, 15) is 0 Å². The van der Waals surface area contributed by atoms with E-state index >= 15 is 0 Å². The first kappa shape index (κ1) is 11.7. The average Bonchev–Trinajstić information content (AvgIpc) is 2.18. The quantitative estimate of drug-likeness (QED) is 0.791. The largest absolute Gasteiger partial charge is 0.376 e. The molecule has 15 heavy (non-hydrogen) atoms. The lowest BCUT2D eigenvalue weighted by Crippen LogP contribution is -2.62. The molecule has 88 valence electrons. The van der Waals surface area contributed by atoms with Crippen molar-refractivity contribution in [3.05, 3.63) is 0 Å². The van der Waals surface area contributed by atoms with Crippen LogP contribution in [-0.4, -0.2) is 19.3 Å². The molecular formula is C12H22ClNO. The van der Waals surface area contributed by atoms with Crippen LogP contribution in [0.1, 0.15) is 32.1 Å². The lowest BCUT2D eigenvalue weighted by atomic mass is 9.50. The minimum absolute atomic E-state index is 0. The Hall–Kier alpha value is 0.210. The van der Waals surface area contributed by atoms with Crippen molar-refractivity contribution in [3.63, 3.8) is 0 Å². The number of nitrogens with two attached hydrogens (primary N) is 1. The van der Waals surface area contributed by atoms with Crippen molar-refractivity contribution in [2.45, 2.75) is 37.7 Å². The van der Waals surface area contributed by atoms with Gasteiger partial charge >= 0.3 is 0 Å².